The predicted molar refractivity (Wildman–Crippen MR) is 112 cm³/mol. The number of anilines is 3. The molecule has 0 atom stereocenters. The maximum Gasteiger partial charge on any atom is 0.255 e. The molecule has 3 aromatic carbocycles. The molecule has 1 heterocycles. The minimum absolute atomic E-state index is 0.178. The summed E-state index contributed by atoms with van der Waals surface area (Å²) >= 11 is 1.63. The second-order valence-corrected chi connectivity index (χ2v) is 7.01. The van der Waals surface area contributed by atoms with Gasteiger partial charge in [0.05, 0.1) is 27.1 Å². The van der Waals surface area contributed by atoms with Gasteiger partial charge in [-0.3, -0.25) is 4.79 Å². The highest BCUT2D eigenvalue weighted by Gasteiger charge is 2.08. The van der Waals surface area contributed by atoms with Gasteiger partial charge in [0, 0.05) is 17.8 Å². The molecule has 5 nitrogen and oxygen atoms in total. The van der Waals surface area contributed by atoms with Crippen molar-refractivity contribution in [1.29, 1.82) is 0 Å². The second-order valence-electron chi connectivity index (χ2n) is 6.13. The first-order chi connectivity index (χ1) is 13.2. The largest absolute Gasteiger partial charge is 0.397 e. The molecule has 1 amide bonds. The molecule has 6 heteroatoms. The number of nitrogens with zero attached hydrogens (tertiary/aromatic N) is 1. The van der Waals surface area contributed by atoms with Crippen LogP contribution < -0.4 is 16.4 Å². The zero-order valence-corrected chi connectivity index (χ0v) is 15.3. The van der Waals surface area contributed by atoms with Gasteiger partial charge >= 0.3 is 0 Å². The number of nitrogen functional groups attached to an aromatic ring is 1. The van der Waals surface area contributed by atoms with Gasteiger partial charge in [0.25, 0.3) is 5.91 Å². The van der Waals surface area contributed by atoms with Gasteiger partial charge < -0.3 is 16.4 Å². The van der Waals surface area contributed by atoms with Gasteiger partial charge in [-0.15, -0.1) is 11.3 Å². The van der Waals surface area contributed by atoms with E-state index in [-0.39, 0.29) is 5.91 Å². The summed E-state index contributed by atoms with van der Waals surface area (Å²) in [6, 6.07) is 20.9. The van der Waals surface area contributed by atoms with Crippen LogP contribution in [0, 0.1) is 0 Å². The SMILES string of the molecule is Nc1ccccc1NC(=O)c1ccc(CNc2ccc3ncsc3c2)cc1. The van der Waals surface area contributed by atoms with E-state index in [2.05, 4.69) is 21.7 Å². The van der Waals surface area contributed by atoms with Gasteiger partial charge in [-0.25, -0.2) is 4.98 Å². The summed E-state index contributed by atoms with van der Waals surface area (Å²) in [7, 11) is 0. The first-order valence-corrected chi connectivity index (χ1v) is 9.39. The van der Waals surface area contributed by atoms with Gasteiger partial charge in [-0.05, 0) is 48.0 Å². The standard InChI is InChI=1S/C21H18N4OS/c22-17-3-1-2-4-18(17)25-21(26)15-7-5-14(6-8-15)12-23-16-9-10-19-20(11-16)27-13-24-19/h1-11,13,23H,12,22H2,(H,25,26). The van der Waals surface area contributed by atoms with E-state index in [1.807, 2.05) is 54.0 Å². The minimum atomic E-state index is -0.178. The van der Waals surface area contributed by atoms with E-state index >= 15 is 0 Å². The van der Waals surface area contributed by atoms with Crippen molar-refractivity contribution in [2.75, 3.05) is 16.4 Å². The van der Waals surface area contributed by atoms with Crippen LogP contribution in [-0.2, 0) is 6.54 Å². The van der Waals surface area contributed by atoms with Gasteiger partial charge in [0.2, 0.25) is 0 Å². The average Bonchev–Trinajstić information content (AvgIpc) is 3.16. The first-order valence-electron chi connectivity index (χ1n) is 8.51. The smallest absolute Gasteiger partial charge is 0.255 e. The van der Waals surface area contributed by atoms with Crippen LogP contribution in [0.25, 0.3) is 10.2 Å². The Kier molecular flexibility index (Phi) is 4.72. The molecule has 0 aliphatic carbocycles. The van der Waals surface area contributed by atoms with Crippen molar-refractivity contribution < 1.29 is 4.79 Å². The summed E-state index contributed by atoms with van der Waals surface area (Å²) in [6.07, 6.45) is 0. The lowest BCUT2D eigenvalue weighted by Crippen LogP contribution is -2.13. The summed E-state index contributed by atoms with van der Waals surface area (Å²) in [4.78, 5) is 16.7. The zero-order chi connectivity index (χ0) is 18.6. The third-order valence-electron chi connectivity index (χ3n) is 4.25. The van der Waals surface area contributed by atoms with Gasteiger partial charge in [-0.1, -0.05) is 24.3 Å². The Labute approximate surface area is 160 Å². The fraction of sp³-hybridized carbons (Fsp3) is 0.0476. The fourth-order valence-corrected chi connectivity index (χ4v) is 3.46. The number of fused-ring (bicyclic) bond motifs is 1. The minimum Gasteiger partial charge on any atom is -0.397 e. The summed E-state index contributed by atoms with van der Waals surface area (Å²) in [5.74, 6) is -0.178. The fourth-order valence-electron chi connectivity index (χ4n) is 2.75. The number of hydrogen-bond donors (Lipinski definition) is 3. The molecule has 4 aromatic rings. The van der Waals surface area contributed by atoms with Crippen molar-refractivity contribution >= 4 is 44.5 Å². The van der Waals surface area contributed by atoms with Crippen LogP contribution in [0.15, 0.2) is 72.2 Å². The molecule has 134 valence electrons. The zero-order valence-electron chi connectivity index (χ0n) is 14.5. The summed E-state index contributed by atoms with van der Waals surface area (Å²) in [6.45, 7) is 0.678. The maximum absolute atomic E-state index is 12.4. The van der Waals surface area contributed by atoms with Crippen LogP contribution in [0.2, 0.25) is 0 Å². The molecule has 27 heavy (non-hydrogen) atoms. The first kappa shape index (κ1) is 17.1. The van der Waals surface area contributed by atoms with E-state index in [0.29, 0.717) is 23.5 Å². The van der Waals surface area contributed by atoms with Crippen molar-refractivity contribution in [2.45, 2.75) is 6.54 Å². The number of rotatable bonds is 5. The molecule has 0 aliphatic rings. The highest BCUT2D eigenvalue weighted by atomic mass is 32.1. The lowest BCUT2D eigenvalue weighted by atomic mass is 10.1. The quantitative estimate of drug-likeness (QED) is 0.441. The summed E-state index contributed by atoms with van der Waals surface area (Å²) in [5, 5.41) is 6.23. The maximum atomic E-state index is 12.4. The molecule has 4 N–H and O–H groups in total. The summed E-state index contributed by atoms with van der Waals surface area (Å²) < 4.78 is 1.16. The predicted octanol–water partition coefficient (Wildman–Crippen LogP) is 4.74. The molecule has 1 aromatic heterocycles. The van der Waals surface area contributed by atoms with Crippen LogP contribution >= 0.6 is 11.3 Å². The number of hydrogen-bond acceptors (Lipinski definition) is 5. The Balaban J connectivity index is 1.39. The third-order valence-corrected chi connectivity index (χ3v) is 5.04. The topological polar surface area (TPSA) is 80.0 Å². The molecule has 4 rings (SSSR count). The normalized spacial score (nSPS) is 10.7. The number of carbonyl (C=O) groups excluding carboxylic acids is 1. The van der Waals surface area contributed by atoms with Crippen molar-refractivity contribution in [3.05, 3.63) is 83.4 Å². The van der Waals surface area contributed by atoms with E-state index < -0.39 is 0 Å². The van der Waals surface area contributed by atoms with E-state index in [1.54, 1.807) is 23.5 Å². The number of benzene rings is 3. The van der Waals surface area contributed by atoms with E-state index in [1.165, 1.54) is 0 Å². The monoisotopic (exact) mass is 374 g/mol. The van der Waals surface area contributed by atoms with Gasteiger partial charge in [0.1, 0.15) is 0 Å². The highest BCUT2D eigenvalue weighted by Crippen LogP contribution is 2.22. The van der Waals surface area contributed by atoms with E-state index in [9.17, 15) is 4.79 Å². The Morgan fingerprint density at radius 1 is 1.04 bits per heavy atom. The molecule has 0 fully saturated rings. The molecular formula is C21H18N4OS. The Bertz CT molecular complexity index is 1090. The van der Waals surface area contributed by atoms with Crippen molar-refractivity contribution in [2.24, 2.45) is 0 Å². The Morgan fingerprint density at radius 3 is 2.67 bits per heavy atom. The van der Waals surface area contributed by atoms with Crippen LogP contribution in [0.3, 0.4) is 0 Å². The lowest BCUT2D eigenvalue weighted by molar-refractivity contribution is 0.102. The Morgan fingerprint density at radius 2 is 1.85 bits per heavy atom. The average molecular weight is 374 g/mol. The number of thiazole rings is 1. The van der Waals surface area contributed by atoms with Crippen molar-refractivity contribution in [1.82, 2.24) is 4.98 Å². The van der Waals surface area contributed by atoms with Gasteiger partial charge in [-0.2, -0.15) is 0 Å². The van der Waals surface area contributed by atoms with Crippen LogP contribution in [0.5, 0.6) is 0 Å². The number of nitrogens with two attached hydrogens (primary N) is 1. The number of nitrogens with one attached hydrogen (secondary N) is 2. The second kappa shape index (κ2) is 7.47. The van der Waals surface area contributed by atoms with E-state index in [0.717, 1.165) is 21.5 Å². The number of amides is 1. The molecule has 0 bridgehead atoms. The van der Waals surface area contributed by atoms with Gasteiger partial charge in [0.15, 0.2) is 0 Å². The highest BCUT2D eigenvalue weighted by molar-refractivity contribution is 7.16. The molecule has 0 saturated heterocycles. The third kappa shape index (κ3) is 3.91. The molecule has 0 spiro atoms. The summed E-state index contributed by atoms with van der Waals surface area (Å²) in [5.41, 5.74) is 12.6. The molecule has 0 radical (unpaired) electrons. The molecule has 0 aliphatic heterocycles. The van der Waals surface area contributed by atoms with Crippen LogP contribution in [0.4, 0.5) is 17.1 Å². The van der Waals surface area contributed by atoms with E-state index in [4.69, 9.17) is 5.73 Å². The van der Waals surface area contributed by atoms with Crippen LogP contribution in [-0.4, -0.2) is 10.9 Å². The number of carbonyl (C=O) groups is 1. The Hall–Kier alpha value is -3.38. The molecule has 0 unspecified atom stereocenters. The van der Waals surface area contributed by atoms with Crippen molar-refractivity contribution in [3.63, 3.8) is 0 Å². The number of para-hydroxylation sites is 2. The van der Waals surface area contributed by atoms with Crippen LogP contribution in [0.1, 0.15) is 15.9 Å². The lowest BCUT2D eigenvalue weighted by Gasteiger charge is -2.09. The molecule has 0 saturated carbocycles. The number of aromatic nitrogens is 1. The van der Waals surface area contributed by atoms with Crippen molar-refractivity contribution in [3.8, 4) is 0 Å². The molecular weight excluding hydrogens is 356 g/mol.